The molecule has 4 heteroatoms. The van der Waals surface area contributed by atoms with Crippen LogP contribution in [0, 0.1) is 12.8 Å². The van der Waals surface area contributed by atoms with E-state index in [0.717, 1.165) is 23.4 Å². The van der Waals surface area contributed by atoms with Crippen LogP contribution in [-0.4, -0.2) is 15.8 Å². The van der Waals surface area contributed by atoms with Gasteiger partial charge in [-0.3, -0.25) is 4.79 Å². The van der Waals surface area contributed by atoms with Crippen LogP contribution in [-0.2, 0) is 6.42 Å². The second-order valence-electron chi connectivity index (χ2n) is 6.91. The molecule has 0 fully saturated rings. The predicted octanol–water partition coefficient (Wildman–Crippen LogP) is 4.99. The van der Waals surface area contributed by atoms with E-state index in [1.54, 1.807) is 6.20 Å². The number of rotatable bonds is 4. The van der Waals surface area contributed by atoms with Crippen molar-refractivity contribution in [3.8, 4) is 0 Å². The van der Waals surface area contributed by atoms with Crippen LogP contribution >= 0.6 is 0 Å². The van der Waals surface area contributed by atoms with Gasteiger partial charge in [0, 0.05) is 18.3 Å². The number of aromatic nitrogens is 2. The third kappa shape index (κ3) is 4.11. The second-order valence-corrected chi connectivity index (χ2v) is 6.91. The largest absolute Gasteiger partial charge is 0.324 e. The van der Waals surface area contributed by atoms with Gasteiger partial charge in [0.05, 0.1) is 11.3 Å². The Morgan fingerprint density at radius 1 is 1.04 bits per heavy atom. The first-order valence-electron chi connectivity index (χ1n) is 9.13. The van der Waals surface area contributed by atoms with Crippen molar-refractivity contribution < 1.29 is 4.79 Å². The third-order valence-corrected chi connectivity index (χ3v) is 4.74. The molecule has 0 radical (unpaired) electrons. The molecule has 134 valence electrons. The van der Waals surface area contributed by atoms with Crippen molar-refractivity contribution in [2.24, 2.45) is 5.92 Å². The number of benzene rings is 2. The van der Waals surface area contributed by atoms with Crippen LogP contribution in [0.1, 0.15) is 33.6 Å². The Labute approximate surface area is 159 Å². The van der Waals surface area contributed by atoms with E-state index in [9.17, 15) is 4.79 Å². The van der Waals surface area contributed by atoms with E-state index in [1.165, 1.54) is 5.56 Å². The summed E-state index contributed by atoms with van der Waals surface area (Å²) in [7, 11) is 0. The first kappa shape index (κ1) is 17.2. The Balaban J connectivity index is 1.53. The van der Waals surface area contributed by atoms with Gasteiger partial charge in [-0.15, -0.1) is 0 Å². The first-order chi connectivity index (χ1) is 13.2. The minimum absolute atomic E-state index is 0.112. The molecule has 1 heterocycles. The van der Waals surface area contributed by atoms with Crippen LogP contribution in [0.2, 0.25) is 0 Å². The predicted molar refractivity (Wildman–Crippen MR) is 108 cm³/mol. The number of fused-ring (bicyclic) bond motifs is 1. The molecule has 3 aromatic rings. The highest BCUT2D eigenvalue weighted by atomic mass is 16.1. The molecule has 1 aliphatic rings. The molecule has 1 unspecified atom stereocenters. The zero-order chi connectivity index (χ0) is 18.6. The third-order valence-electron chi connectivity index (χ3n) is 4.74. The summed E-state index contributed by atoms with van der Waals surface area (Å²) in [6, 6.07) is 18.2. The lowest BCUT2D eigenvalue weighted by Gasteiger charge is -2.20. The van der Waals surface area contributed by atoms with Gasteiger partial charge < -0.3 is 5.32 Å². The van der Waals surface area contributed by atoms with Gasteiger partial charge in [0.1, 0.15) is 0 Å². The van der Waals surface area contributed by atoms with E-state index in [1.807, 2.05) is 49.4 Å². The highest BCUT2D eigenvalue weighted by Gasteiger charge is 2.25. The summed E-state index contributed by atoms with van der Waals surface area (Å²) >= 11 is 0. The Kier molecular flexibility index (Phi) is 4.79. The molecule has 0 amide bonds. The topological polar surface area (TPSA) is 54.9 Å². The number of hydrogen-bond donors (Lipinski definition) is 1. The van der Waals surface area contributed by atoms with Crippen LogP contribution < -0.4 is 5.32 Å². The monoisotopic (exact) mass is 355 g/mol. The molecule has 27 heavy (non-hydrogen) atoms. The number of nitrogens with zero attached hydrogens (tertiary/aromatic N) is 2. The molecule has 0 bridgehead atoms. The fraction of sp³-hybridized carbons (Fsp3) is 0.174. The van der Waals surface area contributed by atoms with E-state index < -0.39 is 0 Å². The number of hydrogen-bond acceptors (Lipinski definition) is 4. The van der Waals surface area contributed by atoms with Crippen LogP contribution in [0.15, 0.2) is 66.9 Å². The molecule has 4 nitrogen and oxygen atoms in total. The lowest BCUT2D eigenvalue weighted by Crippen LogP contribution is -2.21. The number of carbonyl (C=O) groups is 1. The number of ketones is 1. The van der Waals surface area contributed by atoms with Crippen molar-refractivity contribution in [2.75, 3.05) is 5.32 Å². The maximum atomic E-state index is 12.5. The van der Waals surface area contributed by atoms with Crippen LogP contribution in [0.4, 0.5) is 11.6 Å². The van der Waals surface area contributed by atoms with E-state index in [-0.39, 0.29) is 11.7 Å². The summed E-state index contributed by atoms with van der Waals surface area (Å²) in [5.74, 6) is 0.797. The zero-order valence-corrected chi connectivity index (χ0v) is 15.2. The van der Waals surface area contributed by atoms with Gasteiger partial charge in [-0.05, 0) is 37.0 Å². The molecule has 0 spiro atoms. The second kappa shape index (κ2) is 7.54. The Morgan fingerprint density at radius 3 is 2.59 bits per heavy atom. The van der Waals surface area contributed by atoms with Crippen molar-refractivity contribution in [1.82, 2.24) is 9.97 Å². The van der Waals surface area contributed by atoms with Crippen molar-refractivity contribution in [1.29, 1.82) is 0 Å². The van der Waals surface area contributed by atoms with Crippen molar-refractivity contribution in [3.63, 3.8) is 0 Å². The number of carbonyl (C=O) groups excluding carboxylic acids is 1. The van der Waals surface area contributed by atoms with E-state index in [2.05, 4.69) is 39.6 Å². The fourth-order valence-corrected chi connectivity index (χ4v) is 3.25. The first-order valence-corrected chi connectivity index (χ1v) is 9.13. The lowest BCUT2D eigenvalue weighted by atomic mass is 9.86. The standard InChI is InChI=1S/C23H21N3O/c1-16-7-11-19(12-8-16)25-23-24-15-20-21(26-23)13-18(14-22(20)27)10-9-17-5-3-2-4-6-17/h2-12,15,18H,13-14H2,1H3,(H,24,25,26)/b10-9+. The van der Waals surface area contributed by atoms with E-state index in [4.69, 9.17) is 0 Å². The smallest absolute Gasteiger partial charge is 0.227 e. The van der Waals surface area contributed by atoms with E-state index in [0.29, 0.717) is 17.9 Å². The average molecular weight is 355 g/mol. The number of anilines is 2. The molecule has 4 rings (SSSR count). The van der Waals surface area contributed by atoms with E-state index >= 15 is 0 Å². The summed E-state index contributed by atoms with van der Waals surface area (Å²) < 4.78 is 0. The number of nitrogens with one attached hydrogen (secondary N) is 1. The molecule has 1 aromatic heterocycles. The van der Waals surface area contributed by atoms with Gasteiger partial charge in [0.25, 0.3) is 0 Å². The van der Waals surface area contributed by atoms with Crippen molar-refractivity contribution in [3.05, 3.63) is 89.3 Å². The molecule has 1 aliphatic carbocycles. The number of aryl methyl sites for hydroxylation is 1. The average Bonchev–Trinajstić information content (AvgIpc) is 2.69. The number of Topliss-reactive ketones (excluding diaryl/α,β-unsaturated/α-hetero) is 1. The minimum Gasteiger partial charge on any atom is -0.324 e. The van der Waals surface area contributed by atoms with Gasteiger partial charge in [-0.25, -0.2) is 9.97 Å². The molecular weight excluding hydrogens is 334 g/mol. The maximum Gasteiger partial charge on any atom is 0.227 e. The van der Waals surface area contributed by atoms with Gasteiger partial charge in [-0.2, -0.15) is 0 Å². The van der Waals surface area contributed by atoms with Gasteiger partial charge in [0.2, 0.25) is 5.95 Å². The highest BCUT2D eigenvalue weighted by molar-refractivity contribution is 5.98. The van der Waals surface area contributed by atoms with Crippen LogP contribution in [0.5, 0.6) is 0 Å². The zero-order valence-electron chi connectivity index (χ0n) is 15.2. The minimum atomic E-state index is 0.112. The summed E-state index contributed by atoms with van der Waals surface area (Å²) in [6.45, 7) is 2.05. The summed E-state index contributed by atoms with van der Waals surface area (Å²) in [4.78, 5) is 21.4. The molecule has 2 aromatic carbocycles. The lowest BCUT2D eigenvalue weighted by molar-refractivity contribution is 0.0957. The Morgan fingerprint density at radius 2 is 1.81 bits per heavy atom. The SMILES string of the molecule is Cc1ccc(Nc2ncc3c(n2)CC(/C=C/c2ccccc2)CC3=O)cc1. The summed E-state index contributed by atoms with van der Waals surface area (Å²) in [5.41, 5.74) is 4.74. The Hall–Kier alpha value is -3.27. The Bertz CT molecular complexity index is 978. The van der Waals surface area contributed by atoms with Gasteiger partial charge in [-0.1, -0.05) is 60.2 Å². The summed E-state index contributed by atoms with van der Waals surface area (Å²) in [5, 5.41) is 3.22. The van der Waals surface area contributed by atoms with Crippen LogP contribution in [0.25, 0.3) is 6.08 Å². The maximum absolute atomic E-state index is 12.5. The molecule has 1 N–H and O–H groups in total. The quantitative estimate of drug-likeness (QED) is 0.716. The van der Waals surface area contributed by atoms with Gasteiger partial charge in [0.15, 0.2) is 5.78 Å². The molecule has 1 atom stereocenters. The van der Waals surface area contributed by atoms with Gasteiger partial charge >= 0.3 is 0 Å². The molecule has 0 aliphatic heterocycles. The number of allylic oxidation sites excluding steroid dienone is 1. The normalized spacial score (nSPS) is 16.3. The fourth-order valence-electron chi connectivity index (χ4n) is 3.25. The molecule has 0 saturated heterocycles. The summed E-state index contributed by atoms with van der Waals surface area (Å²) in [6.07, 6.45) is 7.10. The van der Waals surface area contributed by atoms with Crippen molar-refractivity contribution in [2.45, 2.75) is 19.8 Å². The highest BCUT2D eigenvalue weighted by Crippen LogP contribution is 2.26. The molecular formula is C23H21N3O. The molecule has 0 saturated carbocycles. The van der Waals surface area contributed by atoms with Crippen molar-refractivity contribution >= 4 is 23.5 Å². The van der Waals surface area contributed by atoms with Crippen LogP contribution in [0.3, 0.4) is 0 Å².